The SMILES string of the molecule is C=CCNc1nc(Nc2cccc(C(F)(F)F)c2)cc(-c2ccccc2)n1. The summed E-state index contributed by atoms with van der Waals surface area (Å²) in [5.74, 6) is 0.737. The van der Waals surface area contributed by atoms with Crippen LogP contribution < -0.4 is 10.6 Å². The average molecular weight is 370 g/mol. The smallest absolute Gasteiger partial charge is 0.351 e. The van der Waals surface area contributed by atoms with Gasteiger partial charge in [-0.25, -0.2) is 4.98 Å². The Kier molecular flexibility index (Phi) is 5.40. The Bertz CT molecular complexity index is 924. The number of halogens is 3. The van der Waals surface area contributed by atoms with Crippen LogP contribution in [0.2, 0.25) is 0 Å². The number of aromatic nitrogens is 2. The maximum absolute atomic E-state index is 12.9. The molecule has 0 aliphatic rings. The van der Waals surface area contributed by atoms with Crippen molar-refractivity contribution < 1.29 is 13.2 Å². The van der Waals surface area contributed by atoms with Crippen LogP contribution in [0.1, 0.15) is 5.56 Å². The molecule has 138 valence electrons. The molecule has 0 unspecified atom stereocenters. The minimum absolute atomic E-state index is 0.289. The Morgan fingerprint density at radius 1 is 0.963 bits per heavy atom. The van der Waals surface area contributed by atoms with Crippen molar-refractivity contribution in [3.8, 4) is 11.3 Å². The van der Waals surface area contributed by atoms with Gasteiger partial charge in [0.05, 0.1) is 11.3 Å². The van der Waals surface area contributed by atoms with E-state index in [1.165, 1.54) is 6.07 Å². The van der Waals surface area contributed by atoms with E-state index in [4.69, 9.17) is 0 Å². The lowest BCUT2D eigenvalue weighted by atomic mass is 10.1. The number of nitrogens with one attached hydrogen (secondary N) is 2. The maximum Gasteiger partial charge on any atom is 0.416 e. The third-order valence-electron chi connectivity index (χ3n) is 3.66. The molecule has 1 aromatic heterocycles. The lowest BCUT2D eigenvalue weighted by Gasteiger charge is -2.12. The largest absolute Gasteiger partial charge is 0.416 e. The highest BCUT2D eigenvalue weighted by Crippen LogP contribution is 2.31. The highest BCUT2D eigenvalue weighted by Gasteiger charge is 2.30. The highest BCUT2D eigenvalue weighted by molar-refractivity contribution is 5.67. The van der Waals surface area contributed by atoms with Crippen LogP contribution in [0.25, 0.3) is 11.3 Å². The monoisotopic (exact) mass is 370 g/mol. The van der Waals surface area contributed by atoms with E-state index in [-0.39, 0.29) is 5.69 Å². The summed E-state index contributed by atoms with van der Waals surface area (Å²) in [7, 11) is 0. The number of anilines is 3. The van der Waals surface area contributed by atoms with E-state index in [1.54, 1.807) is 18.2 Å². The molecule has 0 saturated carbocycles. The molecule has 0 aliphatic carbocycles. The molecule has 27 heavy (non-hydrogen) atoms. The van der Waals surface area contributed by atoms with E-state index in [0.717, 1.165) is 17.7 Å². The number of benzene rings is 2. The van der Waals surface area contributed by atoms with Crippen molar-refractivity contribution >= 4 is 17.5 Å². The molecule has 0 spiro atoms. The zero-order valence-corrected chi connectivity index (χ0v) is 14.3. The first kappa shape index (κ1) is 18.4. The lowest BCUT2D eigenvalue weighted by Crippen LogP contribution is -2.07. The topological polar surface area (TPSA) is 49.8 Å². The number of hydrogen-bond acceptors (Lipinski definition) is 4. The zero-order valence-electron chi connectivity index (χ0n) is 14.3. The summed E-state index contributed by atoms with van der Waals surface area (Å²) in [5.41, 5.74) is 1.08. The molecule has 2 N–H and O–H groups in total. The standard InChI is InChI=1S/C20H17F3N4/c1-2-11-24-19-26-17(14-7-4-3-5-8-14)13-18(27-19)25-16-10-6-9-15(12-16)20(21,22)23/h2-10,12-13H,1,11H2,(H2,24,25,26,27). The number of hydrogen-bond donors (Lipinski definition) is 2. The van der Waals surface area contributed by atoms with E-state index < -0.39 is 11.7 Å². The van der Waals surface area contributed by atoms with Crippen molar-refractivity contribution in [3.05, 3.63) is 78.9 Å². The van der Waals surface area contributed by atoms with Gasteiger partial charge in [0.1, 0.15) is 5.82 Å². The fourth-order valence-electron chi connectivity index (χ4n) is 2.43. The van der Waals surface area contributed by atoms with Crippen LogP contribution in [0.15, 0.2) is 73.3 Å². The maximum atomic E-state index is 12.9. The third-order valence-corrected chi connectivity index (χ3v) is 3.66. The van der Waals surface area contributed by atoms with Gasteiger partial charge >= 0.3 is 6.18 Å². The minimum Gasteiger partial charge on any atom is -0.351 e. The lowest BCUT2D eigenvalue weighted by molar-refractivity contribution is -0.137. The van der Waals surface area contributed by atoms with Crippen molar-refractivity contribution in [2.75, 3.05) is 17.2 Å². The summed E-state index contributed by atoms with van der Waals surface area (Å²) < 4.78 is 38.8. The molecule has 0 radical (unpaired) electrons. The van der Waals surface area contributed by atoms with Crippen LogP contribution in [0.4, 0.5) is 30.6 Å². The van der Waals surface area contributed by atoms with Gasteiger partial charge < -0.3 is 10.6 Å². The Hall–Kier alpha value is -3.35. The Labute approximate surface area is 154 Å². The van der Waals surface area contributed by atoms with E-state index in [1.807, 2.05) is 30.3 Å². The van der Waals surface area contributed by atoms with Gasteiger partial charge in [0.2, 0.25) is 5.95 Å². The zero-order chi connectivity index (χ0) is 19.3. The van der Waals surface area contributed by atoms with E-state index >= 15 is 0 Å². The molecule has 1 heterocycles. The molecular formula is C20H17F3N4. The van der Waals surface area contributed by atoms with Crippen molar-refractivity contribution in [3.63, 3.8) is 0 Å². The van der Waals surface area contributed by atoms with Gasteiger partial charge in [-0.2, -0.15) is 18.2 Å². The van der Waals surface area contributed by atoms with Gasteiger partial charge in [0.15, 0.2) is 0 Å². The summed E-state index contributed by atoms with van der Waals surface area (Å²) in [6.07, 6.45) is -2.74. The predicted octanol–water partition coefficient (Wildman–Crippen LogP) is 5.50. The Morgan fingerprint density at radius 2 is 1.74 bits per heavy atom. The normalized spacial score (nSPS) is 11.1. The fourth-order valence-corrected chi connectivity index (χ4v) is 2.43. The van der Waals surface area contributed by atoms with E-state index in [9.17, 15) is 13.2 Å². The van der Waals surface area contributed by atoms with Gasteiger partial charge in [-0.15, -0.1) is 6.58 Å². The predicted molar refractivity (Wildman–Crippen MR) is 101 cm³/mol. The first-order valence-electron chi connectivity index (χ1n) is 8.19. The molecule has 3 aromatic rings. The van der Waals surface area contributed by atoms with Crippen molar-refractivity contribution in [2.45, 2.75) is 6.18 Å². The molecule has 2 aromatic carbocycles. The van der Waals surface area contributed by atoms with Crippen molar-refractivity contribution in [1.82, 2.24) is 9.97 Å². The van der Waals surface area contributed by atoms with Crippen LogP contribution in [0, 0.1) is 0 Å². The minimum atomic E-state index is -4.41. The number of rotatable bonds is 6. The molecule has 0 fully saturated rings. The summed E-state index contributed by atoms with van der Waals surface area (Å²) in [4.78, 5) is 8.77. The van der Waals surface area contributed by atoms with Gasteiger partial charge in [-0.05, 0) is 18.2 Å². The van der Waals surface area contributed by atoms with Crippen LogP contribution in [0.5, 0.6) is 0 Å². The molecule has 0 bridgehead atoms. The van der Waals surface area contributed by atoms with Crippen LogP contribution >= 0.6 is 0 Å². The highest BCUT2D eigenvalue weighted by atomic mass is 19.4. The Morgan fingerprint density at radius 3 is 2.44 bits per heavy atom. The quantitative estimate of drug-likeness (QED) is 0.562. The average Bonchev–Trinajstić information content (AvgIpc) is 2.66. The van der Waals surface area contributed by atoms with Crippen LogP contribution in [-0.2, 0) is 6.18 Å². The van der Waals surface area contributed by atoms with Crippen LogP contribution in [0.3, 0.4) is 0 Å². The molecule has 3 rings (SSSR count). The summed E-state index contributed by atoms with van der Waals surface area (Å²) >= 11 is 0. The molecule has 0 saturated heterocycles. The molecule has 0 aliphatic heterocycles. The second-order valence-corrected chi connectivity index (χ2v) is 5.70. The van der Waals surface area contributed by atoms with Crippen molar-refractivity contribution in [2.24, 2.45) is 0 Å². The van der Waals surface area contributed by atoms with Crippen LogP contribution in [-0.4, -0.2) is 16.5 Å². The summed E-state index contributed by atoms with van der Waals surface area (Å²) in [5, 5.41) is 5.93. The van der Waals surface area contributed by atoms with Gasteiger partial charge in [0, 0.05) is 23.9 Å². The fraction of sp³-hybridized carbons (Fsp3) is 0.100. The second-order valence-electron chi connectivity index (χ2n) is 5.70. The summed E-state index contributed by atoms with van der Waals surface area (Å²) in [6, 6.07) is 16.1. The van der Waals surface area contributed by atoms with Gasteiger partial charge in [-0.3, -0.25) is 0 Å². The molecule has 7 heteroatoms. The first-order valence-corrected chi connectivity index (χ1v) is 8.19. The molecular weight excluding hydrogens is 353 g/mol. The number of nitrogens with zero attached hydrogens (tertiary/aromatic N) is 2. The third kappa shape index (κ3) is 4.84. The molecule has 0 atom stereocenters. The molecule has 4 nitrogen and oxygen atoms in total. The van der Waals surface area contributed by atoms with Gasteiger partial charge in [0.25, 0.3) is 0 Å². The first-order chi connectivity index (χ1) is 13.0. The molecule has 0 amide bonds. The number of alkyl halides is 3. The Balaban J connectivity index is 1.96. The summed E-state index contributed by atoms with van der Waals surface area (Å²) in [6.45, 7) is 4.10. The van der Waals surface area contributed by atoms with E-state index in [2.05, 4.69) is 27.2 Å². The van der Waals surface area contributed by atoms with E-state index in [0.29, 0.717) is 24.0 Å². The van der Waals surface area contributed by atoms with Gasteiger partial charge in [-0.1, -0.05) is 42.5 Å². The second kappa shape index (κ2) is 7.90. The van der Waals surface area contributed by atoms with Crippen molar-refractivity contribution in [1.29, 1.82) is 0 Å².